The first-order chi connectivity index (χ1) is 15.0. The van der Waals surface area contributed by atoms with E-state index in [-0.39, 0.29) is 23.2 Å². The van der Waals surface area contributed by atoms with Crippen LogP contribution in [0.2, 0.25) is 0 Å². The van der Waals surface area contributed by atoms with Crippen LogP contribution in [0.25, 0.3) is 0 Å². The second-order valence-electron chi connectivity index (χ2n) is 8.17. The van der Waals surface area contributed by atoms with Gasteiger partial charge in [-0.15, -0.1) is 0 Å². The third-order valence-electron chi connectivity index (χ3n) is 5.80. The van der Waals surface area contributed by atoms with Gasteiger partial charge in [0.05, 0.1) is 23.0 Å². The van der Waals surface area contributed by atoms with Crippen LogP contribution in [0.15, 0.2) is 36.4 Å². The van der Waals surface area contributed by atoms with Crippen LogP contribution in [0.4, 0.5) is 24.5 Å². The summed E-state index contributed by atoms with van der Waals surface area (Å²) >= 11 is 0. The molecule has 2 aliphatic rings. The normalized spacial score (nSPS) is 23.1. The number of hydrogen-bond acceptors (Lipinski definition) is 7. The van der Waals surface area contributed by atoms with E-state index in [2.05, 4.69) is 19.8 Å². The third-order valence-corrected chi connectivity index (χ3v) is 6.75. The molecule has 1 fully saturated rings. The molecule has 1 saturated carbocycles. The van der Waals surface area contributed by atoms with E-state index in [0.29, 0.717) is 11.6 Å². The van der Waals surface area contributed by atoms with E-state index in [1.807, 2.05) is 37.3 Å². The summed E-state index contributed by atoms with van der Waals surface area (Å²) in [5.41, 5.74) is -4.46. The second kappa shape index (κ2) is 7.95. The van der Waals surface area contributed by atoms with Gasteiger partial charge in [0, 0.05) is 17.6 Å². The van der Waals surface area contributed by atoms with E-state index >= 15 is 0 Å². The molecule has 2 heterocycles. The van der Waals surface area contributed by atoms with Crippen molar-refractivity contribution in [2.45, 2.75) is 44.3 Å². The van der Waals surface area contributed by atoms with Gasteiger partial charge in [-0.1, -0.05) is 25.1 Å². The van der Waals surface area contributed by atoms with Gasteiger partial charge in [-0.25, -0.2) is 4.98 Å². The fourth-order valence-corrected chi connectivity index (χ4v) is 4.44. The number of pyridine rings is 1. The first kappa shape index (κ1) is 22.4. The molecule has 4 rings (SSSR count). The maximum absolute atomic E-state index is 12.9. The molecular weight excluding hydrogens is 447 g/mol. The highest BCUT2D eigenvalue weighted by atomic mass is 32.2. The smallest absolute Gasteiger partial charge is 0.380 e. The lowest BCUT2D eigenvalue weighted by Gasteiger charge is -2.39. The van der Waals surface area contributed by atoms with Crippen molar-refractivity contribution in [3.05, 3.63) is 47.7 Å². The Kier molecular flexibility index (Phi) is 5.56. The number of nitrogens with one attached hydrogen (secondary N) is 2. The topological polar surface area (TPSA) is 97.4 Å². The van der Waals surface area contributed by atoms with Gasteiger partial charge in [0.1, 0.15) is 0 Å². The number of carbonyl (C=O) groups excluding carboxylic acids is 1. The highest BCUT2D eigenvalue weighted by molar-refractivity contribution is 7.88. The molecule has 1 aliphatic heterocycles. The number of halogens is 3. The summed E-state index contributed by atoms with van der Waals surface area (Å²) < 4.78 is 66.3. The highest BCUT2D eigenvalue weighted by Crippen LogP contribution is 2.47. The molecule has 11 heteroatoms. The maximum atomic E-state index is 12.9. The largest absolute Gasteiger partial charge is 0.534 e. The summed E-state index contributed by atoms with van der Waals surface area (Å²) in [6.45, 7) is 3.10. The molecule has 0 saturated heterocycles. The van der Waals surface area contributed by atoms with E-state index in [4.69, 9.17) is 0 Å². The van der Waals surface area contributed by atoms with Crippen LogP contribution in [0.5, 0.6) is 5.88 Å². The van der Waals surface area contributed by atoms with E-state index in [1.165, 1.54) is 6.07 Å². The van der Waals surface area contributed by atoms with Crippen molar-refractivity contribution in [3.8, 4) is 5.88 Å². The van der Waals surface area contributed by atoms with E-state index in [1.54, 1.807) is 0 Å². The van der Waals surface area contributed by atoms with Crippen molar-refractivity contribution in [1.82, 2.24) is 4.98 Å². The number of carbonyl (C=O) groups is 1. The molecule has 1 aliphatic carbocycles. The zero-order valence-corrected chi connectivity index (χ0v) is 18.1. The molecule has 7 nitrogen and oxygen atoms in total. The fraction of sp³-hybridized carbons (Fsp3) is 0.429. The van der Waals surface area contributed by atoms with Crippen LogP contribution >= 0.6 is 0 Å². The molecular formula is C21H22F3N3O4S. The molecule has 0 bridgehead atoms. The number of rotatable bonds is 6. The number of aromatic nitrogens is 1. The minimum absolute atomic E-state index is 0.0297. The van der Waals surface area contributed by atoms with Crippen molar-refractivity contribution in [1.29, 1.82) is 0 Å². The molecule has 0 spiro atoms. The third kappa shape index (κ3) is 4.25. The molecule has 1 aromatic carbocycles. The lowest BCUT2D eigenvalue weighted by Crippen LogP contribution is -2.41. The van der Waals surface area contributed by atoms with Gasteiger partial charge in [0.2, 0.25) is 5.88 Å². The minimum Gasteiger partial charge on any atom is -0.380 e. The summed E-state index contributed by atoms with van der Waals surface area (Å²) in [5, 5.41) is 6.71. The van der Waals surface area contributed by atoms with Crippen molar-refractivity contribution >= 4 is 27.3 Å². The monoisotopic (exact) mass is 469 g/mol. The molecule has 3 unspecified atom stereocenters. The molecule has 1 aromatic heterocycles. The number of nitrogens with zero attached hydrogens (tertiary/aromatic N) is 1. The number of alkyl halides is 3. The number of para-hydroxylation sites is 1. The molecule has 32 heavy (non-hydrogen) atoms. The van der Waals surface area contributed by atoms with Crippen LogP contribution in [-0.4, -0.2) is 30.7 Å². The first-order valence-electron chi connectivity index (χ1n) is 10.1. The van der Waals surface area contributed by atoms with Crippen LogP contribution in [0.3, 0.4) is 0 Å². The van der Waals surface area contributed by atoms with Gasteiger partial charge in [-0.2, -0.15) is 21.6 Å². The van der Waals surface area contributed by atoms with Crippen molar-refractivity contribution in [2.24, 2.45) is 11.8 Å². The molecule has 0 radical (unpaired) electrons. The number of anilines is 2. The summed E-state index contributed by atoms with van der Waals surface area (Å²) in [7, 11) is -5.99. The van der Waals surface area contributed by atoms with E-state index in [0.717, 1.165) is 25.5 Å². The van der Waals surface area contributed by atoms with Gasteiger partial charge in [-0.05, 0) is 43.9 Å². The summed E-state index contributed by atoms with van der Waals surface area (Å²) in [6.07, 6.45) is 2.10. The van der Waals surface area contributed by atoms with Crippen molar-refractivity contribution < 1.29 is 30.6 Å². The maximum Gasteiger partial charge on any atom is 0.534 e. The first-order valence-corrected chi connectivity index (χ1v) is 11.5. The summed E-state index contributed by atoms with van der Waals surface area (Å²) in [5.74, 6) is -1.14. The van der Waals surface area contributed by atoms with E-state index < -0.39 is 33.3 Å². The van der Waals surface area contributed by atoms with Crippen LogP contribution in [0, 0.1) is 11.8 Å². The van der Waals surface area contributed by atoms with Crippen LogP contribution < -0.4 is 14.8 Å². The molecule has 2 N–H and O–H groups in total. The Morgan fingerprint density at radius 1 is 1.22 bits per heavy atom. The number of Topliss-reactive ketones (excluding diaryl/α,β-unsaturated/α-hetero) is 1. The second-order valence-corrected chi connectivity index (χ2v) is 9.71. The molecule has 2 aromatic rings. The Morgan fingerprint density at radius 3 is 2.44 bits per heavy atom. The Labute approximate surface area is 183 Å². The average molecular weight is 469 g/mol. The Morgan fingerprint density at radius 2 is 1.88 bits per heavy atom. The highest BCUT2D eigenvalue weighted by Gasteiger charge is 2.50. The number of hydrogen-bond donors (Lipinski definition) is 2. The number of fused-ring (bicyclic) bond motifs is 1. The van der Waals surface area contributed by atoms with Gasteiger partial charge in [0.15, 0.2) is 5.78 Å². The molecule has 0 amide bonds. The quantitative estimate of drug-likeness (QED) is 0.365. The number of benzene rings is 1. The van der Waals surface area contributed by atoms with Gasteiger partial charge in [0.25, 0.3) is 0 Å². The Bertz CT molecular complexity index is 1130. The lowest BCUT2D eigenvalue weighted by atomic mass is 9.83. The Hall–Kier alpha value is -2.82. The zero-order valence-electron chi connectivity index (χ0n) is 17.3. The summed E-state index contributed by atoms with van der Waals surface area (Å²) in [6, 6.07) is 10.2. The van der Waals surface area contributed by atoms with Crippen molar-refractivity contribution in [3.63, 3.8) is 0 Å². The van der Waals surface area contributed by atoms with Crippen LogP contribution in [0.1, 0.15) is 48.8 Å². The van der Waals surface area contributed by atoms with E-state index in [9.17, 15) is 26.4 Å². The number of ketones is 1. The standard InChI is InChI=1S/C21H22F3N3O4S/c1-11-17(13-8-9-13)26-16-10-15(12(2)28)20(31-32(29,30)21(22,23)24)27-19(16)18(11)25-14-6-4-3-5-7-14/h3-7,10-11,13,17-18,25-26H,8-9H2,1-2H3. The van der Waals surface area contributed by atoms with Gasteiger partial charge < -0.3 is 14.8 Å². The SMILES string of the molecule is CC(=O)c1cc2c(nc1OS(=O)(=O)C(F)(F)F)C(Nc1ccccc1)C(C)C(C1CC1)N2. The molecule has 3 atom stereocenters. The van der Waals surface area contributed by atoms with Gasteiger partial charge >= 0.3 is 15.6 Å². The van der Waals surface area contributed by atoms with Crippen molar-refractivity contribution in [2.75, 3.05) is 10.6 Å². The summed E-state index contributed by atoms with van der Waals surface area (Å²) in [4.78, 5) is 16.2. The lowest BCUT2D eigenvalue weighted by molar-refractivity contribution is -0.0501. The Balaban J connectivity index is 1.81. The van der Waals surface area contributed by atoms with Crippen LogP contribution in [-0.2, 0) is 10.1 Å². The fourth-order valence-electron chi connectivity index (χ4n) is 4.01. The minimum atomic E-state index is -5.99. The predicted molar refractivity (Wildman–Crippen MR) is 112 cm³/mol. The molecule has 172 valence electrons. The predicted octanol–water partition coefficient (Wildman–Crippen LogP) is 4.51. The average Bonchev–Trinajstić information content (AvgIpc) is 3.54. The van der Waals surface area contributed by atoms with Gasteiger partial charge in [-0.3, -0.25) is 4.79 Å². The zero-order chi connectivity index (χ0) is 23.3.